The molecule has 0 spiro atoms. The number of likely N-dealkylation sites (N-methyl/N-ethyl adjacent to an activating group) is 1. The van der Waals surface area contributed by atoms with Crippen LogP contribution in [-0.2, 0) is 22.6 Å². The zero-order valence-corrected chi connectivity index (χ0v) is 14.8. The molecule has 1 aliphatic rings. The Balaban J connectivity index is 1.84. The summed E-state index contributed by atoms with van der Waals surface area (Å²) in [6, 6.07) is 11.1. The Labute approximate surface area is 147 Å². The third-order valence-corrected chi connectivity index (χ3v) is 4.48. The molecule has 1 aliphatic heterocycles. The van der Waals surface area contributed by atoms with Crippen LogP contribution in [0.15, 0.2) is 40.9 Å². The number of benzene rings is 1. The van der Waals surface area contributed by atoms with E-state index in [0.29, 0.717) is 12.1 Å². The Morgan fingerprint density at radius 1 is 1.24 bits per heavy atom. The average molecular weight is 341 g/mol. The molecule has 6 heteroatoms. The summed E-state index contributed by atoms with van der Waals surface area (Å²) in [4.78, 5) is 28.4. The van der Waals surface area contributed by atoms with Gasteiger partial charge in [0.15, 0.2) is 0 Å². The van der Waals surface area contributed by atoms with Gasteiger partial charge >= 0.3 is 0 Å². The molecule has 132 valence electrons. The molecule has 2 heterocycles. The quantitative estimate of drug-likeness (QED) is 0.836. The molecular formula is C19H23N3O3. The normalized spacial score (nSPS) is 18.3. The molecule has 1 saturated heterocycles. The van der Waals surface area contributed by atoms with Crippen molar-refractivity contribution in [1.82, 2.24) is 15.0 Å². The minimum absolute atomic E-state index is 0.0453. The third-order valence-electron chi connectivity index (χ3n) is 4.48. The van der Waals surface area contributed by atoms with Crippen molar-refractivity contribution in [3.63, 3.8) is 0 Å². The number of carbonyl (C=O) groups is 2. The number of amides is 2. The van der Waals surface area contributed by atoms with Crippen LogP contribution in [0.1, 0.15) is 36.8 Å². The van der Waals surface area contributed by atoms with Crippen molar-refractivity contribution in [2.24, 2.45) is 0 Å². The molecule has 0 radical (unpaired) electrons. The van der Waals surface area contributed by atoms with Crippen molar-refractivity contribution >= 4 is 11.8 Å². The van der Waals surface area contributed by atoms with E-state index in [-0.39, 0.29) is 30.8 Å². The van der Waals surface area contributed by atoms with Gasteiger partial charge < -0.3 is 14.3 Å². The number of aromatic nitrogens is 1. The van der Waals surface area contributed by atoms with E-state index in [4.69, 9.17) is 4.52 Å². The second-order valence-corrected chi connectivity index (χ2v) is 6.80. The van der Waals surface area contributed by atoms with Crippen molar-refractivity contribution in [2.45, 2.75) is 38.8 Å². The number of hydrogen-bond donors (Lipinski definition) is 0. The van der Waals surface area contributed by atoms with Crippen LogP contribution >= 0.6 is 0 Å². The summed E-state index contributed by atoms with van der Waals surface area (Å²) in [5, 5.41) is 4.06. The lowest BCUT2D eigenvalue weighted by atomic mass is 10.0. The summed E-state index contributed by atoms with van der Waals surface area (Å²) in [6.45, 7) is 4.42. The first-order valence-corrected chi connectivity index (χ1v) is 8.49. The van der Waals surface area contributed by atoms with Gasteiger partial charge in [0, 0.05) is 25.5 Å². The summed E-state index contributed by atoms with van der Waals surface area (Å²) in [5.74, 6) is 0.891. The molecule has 1 aromatic carbocycles. The van der Waals surface area contributed by atoms with Gasteiger partial charge in [-0.05, 0) is 5.56 Å². The Kier molecular flexibility index (Phi) is 4.88. The molecule has 1 fully saturated rings. The lowest BCUT2D eigenvalue weighted by Crippen LogP contribution is -2.59. The summed E-state index contributed by atoms with van der Waals surface area (Å²) in [5.41, 5.74) is 1.70. The first-order chi connectivity index (χ1) is 12.0. The second kappa shape index (κ2) is 7.09. The number of rotatable bonds is 5. The molecule has 2 amide bonds. The highest BCUT2D eigenvalue weighted by molar-refractivity contribution is 5.94. The minimum atomic E-state index is -0.521. The fourth-order valence-corrected chi connectivity index (χ4v) is 3.02. The van der Waals surface area contributed by atoms with Crippen LogP contribution < -0.4 is 0 Å². The third kappa shape index (κ3) is 3.73. The number of piperazine rings is 1. The molecule has 25 heavy (non-hydrogen) atoms. The molecule has 0 N–H and O–H groups in total. The predicted octanol–water partition coefficient (Wildman–Crippen LogP) is 2.21. The molecular weight excluding hydrogens is 318 g/mol. The van der Waals surface area contributed by atoms with Crippen LogP contribution in [0.25, 0.3) is 0 Å². The van der Waals surface area contributed by atoms with Crippen molar-refractivity contribution in [3.8, 4) is 0 Å². The second-order valence-electron chi connectivity index (χ2n) is 6.80. The maximum absolute atomic E-state index is 12.7. The highest BCUT2D eigenvalue weighted by Crippen LogP contribution is 2.21. The van der Waals surface area contributed by atoms with E-state index in [0.717, 1.165) is 11.3 Å². The first kappa shape index (κ1) is 17.2. The average Bonchev–Trinajstić information content (AvgIpc) is 3.06. The molecule has 0 unspecified atom stereocenters. The highest BCUT2D eigenvalue weighted by atomic mass is 16.5. The predicted molar refractivity (Wildman–Crippen MR) is 92.7 cm³/mol. The first-order valence-electron chi connectivity index (χ1n) is 8.49. The van der Waals surface area contributed by atoms with E-state index < -0.39 is 6.04 Å². The topological polar surface area (TPSA) is 66.7 Å². The largest absolute Gasteiger partial charge is 0.361 e. The van der Waals surface area contributed by atoms with Crippen LogP contribution in [0.4, 0.5) is 0 Å². The molecule has 0 bridgehead atoms. The van der Waals surface area contributed by atoms with E-state index in [1.54, 1.807) is 11.9 Å². The molecule has 1 aromatic heterocycles. The van der Waals surface area contributed by atoms with Crippen molar-refractivity contribution in [2.75, 3.05) is 13.6 Å². The molecule has 0 aliphatic carbocycles. The van der Waals surface area contributed by atoms with Gasteiger partial charge in [0.1, 0.15) is 17.5 Å². The molecule has 6 nitrogen and oxygen atoms in total. The monoisotopic (exact) mass is 341 g/mol. The summed E-state index contributed by atoms with van der Waals surface area (Å²) in [6.07, 6.45) is 0.491. The van der Waals surface area contributed by atoms with Crippen LogP contribution in [0.3, 0.4) is 0 Å². The van der Waals surface area contributed by atoms with Gasteiger partial charge in [-0.2, -0.15) is 0 Å². The lowest BCUT2D eigenvalue weighted by Gasteiger charge is -2.38. The Morgan fingerprint density at radius 2 is 1.96 bits per heavy atom. The van der Waals surface area contributed by atoms with Gasteiger partial charge in [-0.3, -0.25) is 9.59 Å². The van der Waals surface area contributed by atoms with Crippen LogP contribution in [0.5, 0.6) is 0 Å². The van der Waals surface area contributed by atoms with Gasteiger partial charge in [-0.25, -0.2) is 0 Å². The van der Waals surface area contributed by atoms with Crippen LogP contribution in [0, 0.1) is 0 Å². The van der Waals surface area contributed by atoms with Crippen molar-refractivity contribution < 1.29 is 14.1 Å². The van der Waals surface area contributed by atoms with Crippen molar-refractivity contribution in [3.05, 3.63) is 53.4 Å². The van der Waals surface area contributed by atoms with Gasteiger partial charge in [0.05, 0.1) is 13.1 Å². The SMILES string of the molecule is CC(C)c1cc(CN2C(=O)CN(C)C(=O)[C@H]2Cc2ccccc2)no1. The molecule has 0 saturated carbocycles. The van der Waals surface area contributed by atoms with E-state index in [2.05, 4.69) is 5.16 Å². The Morgan fingerprint density at radius 3 is 2.60 bits per heavy atom. The lowest BCUT2D eigenvalue weighted by molar-refractivity contribution is -0.155. The van der Waals surface area contributed by atoms with E-state index in [1.165, 1.54) is 4.90 Å². The highest BCUT2D eigenvalue weighted by Gasteiger charge is 2.38. The maximum atomic E-state index is 12.7. The van der Waals surface area contributed by atoms with Crippen molar-refractivity contribution in [1.29, 1.82) is 0 Å². The standard InChI is InChI=1S/C19H23N3O3/c1-13(2)17-10-15(20-25-17)11-22-16(9-14-7-5-4-6-8-14)19(24)21(3)12-18(22)23/h4-8,10,13,16H,9,11-12H2,1-3H3/t16-/m1/s1. The summed E-state index contributed by atoms with van der Waals surface area (Å²) in [7, 11) is 1.67. The molecule has 1 atom stereocenters. The molecule has 2 aromatic rings. The number of carbonyl (C=O) groups excluding carboxylic acids is 2. The van der Waals surface area contributed by atoms with Gasteiger partial charge in [0.25, 0.3) is 0 Å². The summed E-state index contributed by atoms with van der Waals surface area (Å²) < 4.78 is 5.32. The van der Waals surface area contributed by atoms with Gasteiger partial charge in [-0.15, -0.1) is 0 Å². The summed E-state index contributed by atoms with van der Waals surface area (Å²) >= 11 is 0. The van der Waals surface area contributed by atoms with E-state index in [1.807, 2.05) is 50.2 Å². The Bertz CT molecular complexity index is 754. The smallest absolute Gasteiger partial charge is 0.245 e. The zero-order valence-electron chi connectivity index (χ0n) is 14.8. The maximum Gasteiger partial charge on any atom is 0.245 e. The minimum Gasteiger partial charge on any atom is -0.361 e. The van der Waals surface area contributed by atoms with E-state index in [9.17, 15) is 9.59 Å². The number of hydrogen-bond acceptors (Lipinski definition) is 4. The molecule has 3 rings (SSSR count). The van der Waals surface area contributed by atoms with E-state index >= 15 is 0 Å². The van der Waals surface area contributed by atoms with Crippen LogP contribution in [-0.4, -0.2) is 46.4 Å². The van der Waals surface area contributed by atoms with Gasteiger partial charge in [-0.1, -0.05) is 49.3 Å². The zero-order chi connectivity index (χ0) is 18.0. The fourth-order valence-electron chi connectivity index (χ4n) is 3.02. The van der Waals surface area contributed by atoms with Crippen LogP contribution in [0.2, 0.25) is 0 Å². The van der Waals surface area contributed by atoms with Gasteiger partial charge in [0.2, 0.25) is 11.8 Å². The number of nitrogens with zero attached hydrogens (tertiary/aromatic N) is 3. The Hall–Kier alpha value is -2.63. The fraction of sp³-hybridized carbons (Fsp3) is 0.421.